The van der Waals surface area contributed by atoms with E-state index in [1.54, 1.807) is 7.11 Å². The number of benzene rings is 2. The van der Waals surface area contributed by atoms with Crippen molar-refractivity contribution in [3.8, 4) is 5.75 Å². The standard InChI is InChI=1S/C29H36N6O2/c1-3-4-13-31-28-27-26(32-29(30)33-28)23-7-5-6-8-24(23)35(27)19-22-18-21(9-10-25(22)37-2)20-11-14-34(15-12-20)16-17-36/h5-11,18,36H,3-4,12-17,19H2,1-2H3,(H3,30,31,32,33). The number of rotatable bonds is 10. The Hall–Kier alpha value is -3.62. The van der Waals surface area contributed by atoms with E-state index in [1.165, 1.54) is 11.1 Å². The molecule has 8 nitrogen and oxygen atoms in total. The molecule has 0 fully saturated rings. The number of aromatic nitrogens is 3. The number of aliphatic hydroxyl groups is 1. The van der Waals surface area contributed by atoms with Gasteiger partial charge in [0.15, 0.2) is 5.82 Å². The summed E-state index contributed by atoms with van der Waals surface area (Å²) in [4.78, 5) is 11.5. The number of fused-ring (bicyclic) bond motifs is 3. The van der Waals surface area contributed by atoms with Gasteiger partial charge in [0.25, 0.3) is 0 Å². The van der Waals surface area contributed by atoms with Gasteiger partial charge in [-0.2, -0.15) is 4.98 Å². The number of unbranched alkanes of at least 4 members (excludes halogenated alkanes) is 1. The number of aliphatic hydroxyl groups excluding tert-OH is 1. The molecule has 5 rings (SSSR count). The van der Waals surface area contributed by atoms with Crippen molar-refractivity contribution in [2.45, 2.75) is 32.7 Å². The second kappa shape index (κ2) is 11.2. The number of β-amino-alcohol motifs (C(OH)–C–C–N with tert-alkyl or cyclic N) is 1. The summed E-state index contributed by atoms with van der Waals surface area (Å²) in [7, 11) is 1.72. The molecule has 0 amide bonds. The van der Waals surface area contributed by atoms with E-state index in [1.807, 2.05) is 6.07 Å². The number of nitrogens with zero attached hydrogens (tertiary/aromatic N) is 4. The van der Waals surface area contributed by atoms with Crippen LogP contribution in [-0.4, -0.2) is 64.4 Å². The molecule has 0 unspecified atom stereocenters. The van der Waals surface area contributed by atoms with Gasteiger partial charge in [-0.15, -0.1) is 0 Å². The van der Waals surface area contributed by atoms with Crippen molar-refractivity contribution in [3.05, 3.63) is 59.7 Å². The van der Waals surface area contributed by atoms with Crippen LogP contribution < -0.4 is 15.8 Å². The summed E-state index contributed by atoms with van der Waals surface area (Å²) in [5.74, 6) is 1.89. The SMILES string of the molecule is CCCCNc1nc(N)nc2c3ccccc3n(Cc3cc(C4=CCN(CCO)CC4)ccc3OC)c12. The predicted molar refractivity (Wildman–Crippen MR) is 151 cm³/mol. The van der Waals surface area contributed by atoms with Crippen molar-refractivity contribution in [1.82, 2.24) is 19.4 Å². The molecule has 0 saturated carbocycles. The van der Waals surface area contributed by atoms with E-state index < -0.39 is 0 Å². The average molecular weight is 501 g/mol. The highest BCUT2D eigenvalue weighted by atomic mass is 16.5. The Labute approximate surface area is 217 Å². The lowest BCUT2D eigenvalue weighted by atomic mass is 9.97. The Balaban J connectivity index is 1.59. The third-order valence-corrected chi connectivity index (χ3v) is 7.13. The Morgan fingerprint density at radius 1 is 1.16 bits per heavy atom. The molecule has 3 heterocycles. The number of ether oxygens (including phenoxy) is 1. The molecular formula is C29H36N6O2. The summed E-state index contributed by atoms with van der Waals surface area (Å²) in [5.41, 5.74) is 12.7. The van der Waals surface area contributed by atoms with Crippen LogP contribution in [-0.2, 0) is 6.54 Å². The van der Waals surface area contributed by atoms with Crippen LogP contribution in [0.15, 0.2) is 48.5 Å². The van der Waals surface area contributed by atoms with Crippen molar-refractivity contribution in [2.24, 2.45) is 0 Å². The molecule has 4 aromatic rings. The van der Waals surface area contributed by atoms with Gasteiger partial charge in [-0.1, -0.05) is 43.7 Å². The molecule has 0 saturated heterocycles. The first-order valence-electron chi connectivity index (χ1n) is 13.1. The minimum absolute atomic E-state index is 0.194. The van der Waals surface area contributed by atoms with Gasteiger partial charge >= 0.3 is 0 Å². The first-order valence-corrected chi connectivity index (χ1v) is 13.1. The Morgan fingerprint density at radius 2 is 2.03 bits per heavy atom. The monoisotopic (exact) mass is 500 g/mol. The van der Waals surface area contributed by atoms with Crippen molar-refractivity contribution in [3.63, 3.8) is 0 Å². The smallest absolute Gasteiger partial charge is 0.222 e. The van der Waals surface area contributed by atoms with Crippen LogP contribution in [0.2, 0.25) is 0 Å². The molecule has 1 aliphatic heterocycles. The first-order chi connectivity index (χ1) is 18.1. The number of methoxy groups -OCH3 is 1. The first kappa shape index (κ1) is 25.0. The maximum atomic E-state index is 9.26. The average Bonchev–Trinajstić information content (AvgIpc) is 3.22. The maximum absolute atomic E-state index is 9.26. The zero-order valence-electron chi connectivity index (χ0n) is 21.7. The molecule has 1 aliphatic rings. The van der Waals surface area contributed by atoms with Crippen molar-refractivity contribution in [2.75, 3.05) is 50.9 Å². The summed E-state index contributed by atoms with van der Waals surface area (Å²) in [6.07, 6.45) is 5.38. The summed E-state index contributed by atoms with van der Waals surface area (Å²) in [6.45, 7) is 6.33. The molecule has 4 N–H and O–H groups in total. The van der Waals surface area contributed by atoms with Crippen molar-refractivity contribution >= 4 is 39.3 Å². The van der Waals surface area contributed by atoms with Crippen LogP contribution >= 0.6 is 0 Å². The van der Waals surface area contributed by atoms with E-state index in [4.69, 9.17) is 10.5 Å². The fourth-order valence-corrected chi connectivity index (χ4v) is 5.21. The third-order valence-electron chi connectivity index (χ3n) is 7.13. The molecule has 0 atom stereocenters. The lowest BCUT2D eigenvalue weighted by Crippen LogP contribution is -2.31. The lowest BCUT2D eigenvalue weighted by Gasteiger charge is -2.26. The van der Waals surface area contributed by atoms with E-state index in [9.17, 15) is 5.11 Å². The van der Waals surface area contributed by atoms with E-state index in [2.05, 4.69) is 74.1 Å². The van der Waals surface area contributed by atoms with Crippen molar-refractivity contribution < 1.29 is 9.84 Å². The van der Waals surface area contributed by atoms with Crippen LogP contribution in [0, 0.1) is 0 Å². The molecule has 37 heavy (non-hydrogen) atoms. The minimum Gasteiger partial charge on any atom is -0.496 e. The molecule has 8 heteroatoms. The zero-order chi connectivity index (χ0) is 25.8. The molecular weight excluding hydrogens is 464 g/mol. The van der Waals surface area contributed by atoms with Crippen LogP contribution in [0.4, 0.5) is 11.8 Å². The van der Waals surface area contributed by atoms with Gasteiger partial charge < -0.3 is 25.5 Å². The van der Waals surface area contributed by atoms with Gasteiger partial charge in [-0.25, -0.2) is 4.98 Å². The summed E-state index contributed by atoms with van der Waals surface area (Å²) in [6, 6.07) is 14.8. The molecule has 194 valence electrons. The second-order valence-electron chi connectivity index (χ2n) is 9.54. The number of nitrogens with one attached hydrogen (secondary N) is 1. The van der Waals surface area contributed by atoms with Crippen LogP contribution in [0.25, 0.3) is 27.5 Å². The zero-order valence-corrected chi connectivity index (χ0v) is 21.7. The van der Waals surface area contributed by atoms with Crippen LogP contribution in [0.3, 0.4) is 0 Å². The normalized spacial score (nSPS) is 14.3. The Morgan fingerprint density at radius 3 is 2.78 bits per heavy atom. The largest absolute Gasteiger partial charge is 0.496 e. The summed E-state index contributed by atoms with van der Waals surface area (Å²) in [5, 5.41) is 13.8. The predicted octanol–water partition coefficient (Wildman–Crippen LogP) is 4.52. The Kier molecular flexibility index (Phi) is 7.58. The number of hydrogen-bond donors (Lipinski definition) is 3. The fourth-order valence-electron chi connectivity index (χ4n) is 5.21. The van der Waals surface area contributed by atoms with Gasteiger partial charge in [0, 0.05) is 37.1 Å². The van der Waals surface area contributed by atoms with Gasteiger partial charge in [-0.05, 0) is 42.2 Å². The van der Waals surface area contributed by atoms with Gasteiger partial charge in [-0.3, -0.25) is 4.90 Å². The molecule has 0 radical (unpaired) electrons. The van der Waals surface area contributed by atoms with Gasteiger partial charge in [0.05, 0.1) is 25.8 Å². The number of nitrogens with two attached hydrogens (primary N) is 1. The van der Waals surface area contributed by atoms with E-state index in [0.29, 0.717) is 13.1 Å². The Bertz CT molecular complexity index is 1430. The van der Waals surface area contributed by atoms with Gasteiger partial charge in [0.2, 0.25) is 5.95 Å². The minimum atomic E-state index is 0.194. The van der Waals surface area contributed by atoms with Gasteiger partial charge in [0.1, 0.15) is 16.8 Å². The number of nitrogen functional groups attached to an aromatic ring is 1. The summed E-state index contributed by atoms with van der Waals surface area (Å²) >= 11 is 0. The maximum Gasteiger partial charge on any atom is 0.222 e. The topological polar surface area (TPSA) is 101 Å². The molecule has 0 aliphatic carbocycles. The number of para-hydroxylation sites is 1. The second-order valence-corrected chi connectivity index (χ2v) is 9.54. The highest BCUT2D eigenvalue weighted by molar-refractivity contribution is 6.09. The van der Waals surface area contributed by atoms with E-state index >= 15 is 0 Å². The van der Waals surface area contributed by atoms with E-state index in [0.717, 1.165) is 78.0 Å². The number of hydrogen-bond acceptors (Lipinski definition) is 7. The molecule has 0 spiro atoms. The van der Waals surface area contributed by atoms with E-state index in [-0.39, 0.29) is 12.6 Å². The molecule has 2 aromatic carbocycles. The van der Waals surface area contributed by atoms with Crippen molar-refractivity contribution in [1.29, 1.82) is 0 Å². The highest BCUT2D eigenvalue weighted by Crippen LogP contribution is 2.35. The van der Waals surface area contributed by atoms with Crippen LogP contribution in [0.5, 0.6) is 5.75 Å². The quantitative estimate of drug-likeness (QED) is 0.275. The lowest BCUT2D eigenvalue weighted by molar-refractivity contribution is 0.208. The molecule has 2 aromatic heterocycles. The number of anilines is 2. The van der Waals surface area contributed by atoms with Crippen LogP contribution in [0.1, 0.15) is 37.3 Å². The summed E-state index contributed by atoms with van der Waals surface area (Å²) < 4.78 is 8.08. The highest BCUT2D eigenvalue weighted by Gasteiger charge is 2.20. The third kappa shape index (κ3) is 5.12. The molecule has 0 bridgehead atoms. The fraction of sp³-hybridized carbons (Fsp3) is 0.379.